The van der Waals surface area contributed by atoms with Gasteiger partial charge >= 0.3 is 12.4 Å². The first-order chi connectivity index (χ1) is 11.6. The summed E-state index contributed by atoms with van der Waals surface area (Å²) in [5, 5.41) is -0.0142. The molecule has 0 aliphatic heterocycles. The summed E-state index contributed by atoms with van der Waals surface area (Å²) < 4.78 is 73.9. The molecule has 152 valence electrons. The second-order valence-corrected chi connectivity index (χ2v) is 8.42. The van der Waals surface area contributed by atoms with E-state index in [1.807, 2.05) is 0 Å². The summed E-state index contributed by atoms with van der Waals surface area (Å²) >= 11 is 12.9. The number of alkyl halides is 8. The number of halogens is 8. The van der Waals surface area contributed by atoms with Gasteiger partial charge in [-0.15, -0.1) is 23.2 Å². The van der Waals surface area contributed by atoms with Gasteiger partial charge in [-0.25, -0.2) is 0 Å². The predicted molar refractivity (Wildman–Crippen MR) is 94.9 cm³/mol. The Labute approximate surface area is 160 Å². The van der Waals surface area contributed by atoms with E-state index in [2.05, 4.69) is 0 Å². The van der Waals surface area contributed by atoms with Crippen molar-refractivity contribution in [1.29, 1.82) is 0 Å². The third-order valence-electron chi connectivity index (χ3n) is 3.68. The SMILES string of the molecule is FC(F)(F)CCCC(CCCCl)SC(CCCCl)CCCC(F)(F)F. The van der Waals surface area contributed by atoms with Gasteiger partial charge in [0.05, 0.1) is 0 Å². The first kappa shape index (κ1) is 25.5. The smallest absolute Gasteiger partial charge is 0.171 e. The Morgan fingerprint density at radius 1 is 0.600 bits per heavy atom. The molecule has 0 saturated carbocycles. The fourth-order valence-electron chi connectivity index (χ4n) is 2.50. The van der Waals surface area contributed by atoms with E-state index in [1.54, 1.807) is 0 Å². The fourth-order valence-corrected chi connectivity index (χ4v) is 4.57. The van der Waals surface area contributed by atoms with Gasteiger partial charge < -0.3 is 0 Å². The first-order valence-electron chi connectivity index (χ1n) is 8.48. The summed E-state index contributed by atoms with van der Waals surface area (Å²) in [4.78, 5) is 0. The van der Waals surface area contributed by atoms with E-state index in [-0.39, 0.29) is 23.3 Å². The van der Waals surface area contributed by atoms with Crippen molar-refractivity contribution in [2.45, 2.75) is 87.1 Å². The highest BCUT2D eigenvalue weighted by molar-refractivity contribution is 8.00. The van der Waals surface area contributed by atoms with E-state index in [0.717, 1.165) is 0 Å². The minimum absolute atomic E-state index is 0.00712. The topological polar surface area (TPSA) is 0 Å². The van der Waals surface area contributed by atoms with E-state index in [4.69, 9.17) is 23.2 Å². The van der Waals surface area contributed by atoms with Crippen molar-refractivity contribution < 1.29 is 26.3 Å². The van der Waals surface area contributed by atoms with E-state index in [9.17, 15) is 26.3 Å². The van der Waals surface area contributed by atoms with Crippen LogP contribution in [-0.2, 0) is 0 Å². The van der Waals surface area contributed by atoms with Crippen molar-refractivity contribution in [2.24, 2.45) is 0 Å². The molecule has 0 amide bonds. The molecule has 25 heavy (non-hydrogen) atoms. The Balaban J connectivity index is 4.52. The third kappa shape index (κ3) is 17.7. The van der Waals surface area contributed by atoms with Crippen molar-refractivity contribution in [2.75, 3.05) is 11.8 Å². The summed E-state index contributed by atoms with van der Waals surface area (Å²) in [6.07, 6.45) is -6.38. The zero-order valence-electron chi connectivity index (χ0n) is 14.1. The molecule has 0 saturated heterocycles. The maximum atomic E-state index is 12.3. The fraction of sp³-hybridized carbons (Fsp3) is 1.00. The van der Waals surface area contributed by atoms with Gasteiger partial charge in [-0.3, -0.25) is 0 Å². The Morgan fingerprint density at radius 3 is 1.20 bits per heavy atom. The van der Waals surface area contributed by atoms with Crippen molar-refractivity contribution in [3.63, 3.8) is 0 Å². The van der Waals surface area contributed by atoms with Gasteiger partial charge in [0.1, 0.15) is 0 Å². The molecule has 0 aliphatic rings. The maximum Gasteiger partial charge on any atom is 0.389 e. The average molecular weight is 435 g/mol. The minimum atomic E-state index is -4.17. The maximum absolute atomic E-state index is 12.3. The van der Waals surface area contributed by atoms with Crippen LogP contribution in [0.4, 0.5) is 26.3 Å². The largest absolute Gasteiger partial charge is 0.389 e. The highest BCUT2D eigenvalue weighted by Gasteiger charge is 2.28. The second-order valence-electron chi connectivity index (χ2n) is 6.06. The molecule has 0 N–H and O–H groups in total. The zero-order valence-corrected chi connectivity index (χ0v) is 16.4. The van der Waals surface area contributed by atoms with E-state index < -0.39 is 25.2 Å². The molecule has 0 nitrogen and oxygen atoms in total. The second kappa shape index (κ2) is 13.6. The van der Waals surface area contributed by atoms with Crippen LogP contribution in [0.25, 0.3) is 0 Å². The minimum Gasteiger partial charge on any atom is -0.171 e. The van der Waals surface area contributed by atoms with Crippen LogP contribution in [0.2, 0.25) is 0 Å². The van der Waals surface area contributed by atoms with Gasteiger partial charge in [-0.05, 0) is 51.4 Å². The van der Waals surface area contributed by atoms with Crippen LogP contribution in [0.3, 0.4) is 0 Å². The molecular formula is C16H26Cl2F6S. The van der Waals surface area contributed by atoms with Crippen LogP contribution in [0.1, 0.15) is 64.2 Å². The van der Waals surface area contributed by atoms with Gasteiger partial charge in [0.2, 0.25) is 0 Å². The molecule has 0 heterocycles. The number of hydrogen-bond donors (Lipinski definition) is 0. The summed E-state index contributed by atoms with van der Waals surface area (Å²) in [7, 11) is 0. The molecule has 2 atom stereocenters. The lowest BCUT2D eigenvalue weighted by atomic mass is 10.1. The van der Waals surface area contributed by atoms with Crippen LogP contribution in [0.5, 0.6) is 0 Å². The van der Waals surface area contributed by atoms with Gasteiger partial charge in [0.25, 0.3) is 0 Å². The van der Waals surface area contributed by atoms with Crippen LogP contribution in [0.15, 0.2) is 0 Å². The monoisotopic (exact) mass is 434 g/mol. The highest BCUT2D eigenvalue weighted by atomic mass is 35.5. The Bertz CT molecular complexity index is 293. The van der Waals surface area contributed by atoms with Crippen LogP contribution < -0.4 is 0 Å². The van der Waals surface area contributed by atoms with Crippen molar-refractivity contribution in [3.05, 3.63) is 0 Å². The molecule has 9 heteroatoms. The lowest BCUT2D eigenvalue weighted by Gasteiger charge is -2.24. The summed E-state index contributed by atoms with van der Waals surface area (Å²) in [5.74, 6) is 0.855. The standard InChI is InChI=1S/C16H26Cl2F6S/c17-11-3-7-13(5-1-9-15(19,20)21)25-14(8-4-12-18)6-2-10-16(22,23)24/h13-14H,1-12H2. The molecule has 2 unspecified atom stereocenters. The lowest BCUT2D eigenvalue weighted by Crippen LogP contribution is -2.15. The quantitative estimate of drug-likeness (QED) is 0.197. The molecule has 0 fully saturated rings. The van der Waals surface area contributed by atoms with Crippen molar-refractivity contribution >= 4 is 35.0 Å². The average Bonchev–Trinajstić information content (AvgIpc) is 2.47. The Kier molecular flexibility index (Phi) is 13.9. The number of thioether (sulfide) groups is 1. The Hall–Kier alpha value is 0.510. The summed E-state index contributed by atoms with van der Waals surface area (Å²) in [5.41, 5.74) is 0. The zero-order chi connectivity index (χ0) is 19.3. The summed E-state index contributed by atoms with van der Waals surface area (Å²) in [6.45, 7) is 0. The van der Waals surface area contributed by atoms with Gasteiger partial charge in [0.15, 0.2) is 0 Å². The van der Waals surface area contributed by atoms with Crippen molar-refractivity contribution in [1.82, 2.24) is 0 Å². The molecule has 0 aliphatic carbocycles. The molecule has 0 aromatic rings. The molecule has 0 rings (SSSR count). The predicted octanol–water partition coefficient (Wildman–Crippen LogP) is 7.96. The number of rotatable bonds is 14. The van der Waals surface area contributed by atoms with Crippen LogP contribution >= 0.6 is 35.0 Å². The molecule has 0 aromatic carbocycles. The summed E-state index contributed by atoms with van der Waals surface area (Å²) in [6, 6.07) is 0. The van der Waals surface area contributed by atoms with Gasteiger partial charge in [-0.1, -0.05) is 0 Å². The van der Waals surface area contributed by atoms with E-state index in [1.165, 1.54) is 11.8 Å². The van der Waals surface area contributed by atoms with Gasteiger partial charge in [-0.2, -0.15) is 38.1 Å². The molecular weight excluding hydrogens is 409 g/mol. The highest BCUT2D eigenvalue weighted by Crippen LogP contribution is 2.34. The van der Waals surface area contributed by atoms with Crippen LogP contribution in [0, 0.1) is 0 Å². The van der Waals surface area contributed by atoms with E-state index >= 15 is 0 Å². The first-order valence-corrected chi connectivity index (χ1v) is 10.5. The number of hydrogen-bond acceptors (Lipinski definition) is 1. The van der Waals surface area contributed by atoms with Crippen molar-refractivity contribution in [3.8, 4) is 0 Å². The molecule has 0 aromatic heterocycles. The molecule has 0 radical (unpaired) electrons. The third-order valence-corrected chi connectivity index (χ3v) is 5.92. The van der Waals surface area contributed by atoms with Gasteiger partial charge in [0, 0.05) is 35.1 Å². The molecule has 0 spiro atoms. The van der Waals surface area contributed by atoms with Crippen LogP contribution in [-0.4, -0.2) is 34.6 Å². The lowest BCUT2D eigenvalue weighted by molar-refractivity contribution is -0.136. The molecule has 0 bridgehead atoms. The van der Waals surface area contributed by atoms with E-state index in [0.29, 0.717) is 50.3 Å². The normalized spacial score (nSPS) is 15.4. The Morgan fingerprint density at radius 2 is 0.920 bits per heavy atom.